The molecule has 2 rings (SSSR count). The Morgan fingerprint density at radius 2 is 2.00 bits per heavy atom. The summed E-state index contributed by atoms with van der Waals surface area (Å²) in [7, 11) is 0. The van der Waals surface area contributed by atoms with Crippen LogP contribution in [0.4, 0.5) is 0 Å². The number of aliphatic hydroxyl groups excluding tert-OH is 1. The Balaban J connectivity index is 1.96. The van der Waals surface area contributed by atoms with Gasteiger partial charge in [-0.05, 0) is 30.6 Å². The molecule has 0 bridgehead atoms. The van der Waals surface area contributed by atoms with Crippen molar-refractivity contribution in [1.82, 2.24) is 0 Å². The summed E-state index contributed by atoms with van der Waals surface area (Å²) >= 11 is 0. The summed E-state index contributed by atoms with van der Waals surface area (Å²) in [6.07, 6.45) is 4.82. The van der Waals surface area contributed by atoms with Crippen LogP contribution in [0.2, 0.25) is 0 Å². The van der Waals surface area contributed by atoms with Gasteiger partial charge in [-0.15, -0.1) is 0 Å². The maximum atomic E-state index is 10.3. The van der Waals surface area contributed by atoms with Crippen molar-refractivity contribution >= 4 is 0 Å². The highest BCUT2D eigenvalue weighted by Gasteiger charge is 2.43. The van der Waals surface area contributed by atoms with E-state index in [1.54, 1.807) is 0 Å². The van der Waals surface area contributed by atoms with E-state index in [0.717, 1.165) is 25.6 Å². The van der Waals surface area contributed by atoms with Gasteiger partial charge in [0.2, 0.25) is 0 Å². The molecule has 2 unspecified atom stereocenters. The Morgan fingerprint density at radius 1 is 1.29 bits per heavy atom. The number of aliphatic hydroxyl groups is 1. The second-order valence-electron chi connectivity index (χ2n) is 5.52. The lowest BCUT2D eigenvalue weighted by Gasteiger charge is -2.45. The van der Waals surface area contributed by atoms with Gasteiger partial charge in [0, 0.05) is 12.5 Å². The van der Waals surface area contributed by atoms with Gasteiger partial charge in [-0.2, -0.15) is 0 Å². The minimum Gasteiger partial charge on any atom is -0.392 e. The monoisotopic (exact) mass is 198 g/mol. The minimum absolute atomic E-state index is 0.0939. The van der Waals surface area contributed by atoms with Crippen molar-refractivity contribution in [2.75, 3.05) is 13.2 Å². The van der Waals surface area contributed by atoms with E-state index in [1.807, 2.05) is 0 Å². The van der Waals surface area contributed by atoms with Gasteiger partial charge < -0.3 is 9.84 Å². The molecule has 2 aliphatic rings. The lowest BCUT2D eigenvalue weighted by molar-refractivity contribution is -0.0567. The van der Waals surface area contributed by atoms with Crippen molar-refractivity contribution in [3.8, 4) is 0 Å². The van der Waals surface area contributed by atoms with Gasteiger partial charge >= 0.3 is 0 Å². The van der Waals surface area contributed by atoms with E-state index < -0.39 is 0 Å². The zero-order chi connectivity index (χ0) is 10.2. The van der Waals surface area contributed by atoms with Gasteiger partial charge in [0.1, 0.15) is 0 Å². The van der Waals surface area contributed by atoms with Crippen molar-refractivity contribution in [3.63, 3.8) is 0 Å². The van der Waals surface area contributed by atoms with Crippen molar-refractivity contribution in [1.29, 1.82) is 0 Å². The van der Waals surface area contributed by atoms with Gasteiger partial charge in [0.25, 0.3) is 0 Å². The fourth-order valence-corrected chi connectivity index (χ4v) is 2.80. The van der Waals surface area contributed by atoms with Crippen LogP contribution in [0.5, 0.6) is 0 Å². The third-order valence-electron chi connectivity index (χ3n) is 4.33. The molecule has 1 saturated heterocycles. The van der Waals surface area contributed by atoms with Crippen LogP contribution in [0, 0.1) is 17.3 Å². The van der Waals surface area contributed by atoms with E-state index in [-0.39, 0.29) is 11.5 Å². The molecule has 1 saturated carbocycles. The molecule has 1 N–H and O–H groups in total. The standard InChI is InChI=1S/C12H22O2/c1-12(2,10-4-3-5-10)11(13)9-6-7-14-8-9/h9-11,13H,3-8H2,1-2H3. The maximum Gasteiger partial charge on any atom is 0.0644 e. The fraction of sp³-hybridized carbons (Fsp3) is 1.00. The summed E-state index contributed by atoms with van der Waals surface area (Å²) in [5, 5.41) is 10.3. The Hall–Kier alpha value is -0.0800. The number of hydrogen-bond donors (Lipinski definition) is 1. The topological polar surface area (TPSA) is 29.5 Å². The van der Waals surface area contributed by atoms with Gasteiger partial charge in [0.15, 0.2) is 0 Å². The second-order valence-corrected chi connectivity index (χ2v) is 5.52. The van der Waals surface area contributed by atoms with Crippen LogP contribution in [0.3, 0.4) is 0 Å². The van der Waals surface area contributed by atoms with Crippen LogP contribution < -0.4 is 0 Å². The summed E-state index contributed by atoms with van der Waals surface area (Å²) < 4.78 is 5.34. The van der Waals surface area contributed by atoms with Crippen LogP contribution in [-0.4, -0.2) is 24.4 Å². The molecule has 1 aliphatic heterocycles. The van der Waals surface area contributed by atoms with E-state index in [9.17, 15) is 5.11 Å². The maximum absolute atomic E-state index is 10.3. The highest BCUT2D eigenvalue weighted by atomic mass is 16.5. The molecule has 2 atom stereocenters. The molecule has 2 heteroatoms. The van der Waals surface area contributed by atoms with Crippen LogP contribution >= 0.6 is 0 Å². The zero-order valence-corrected chi connectivity index (χ0v) is 9.33. The van der Waals surface area contributed by atoms with Crippen LogP contribution in [-0.2, 0) is 4.74 Å². The first kappa shape index (κ1) is 10.4. The number of hydrogen-bond acceptors (Lipinski definition) is 2. The Bertz CT molecular complexity index is 190. The van der Waals surface area contributed by atoms with E-state index in [4.69, 9.17) is 4.74 Å². The molecule has 14 heavy (non-hydrogen) atoms. The molecule has 2 nitrogen and oxygen atoms in total. The first-order valence-corrected chi connectivity index (χ1v) is 5.88. The molecule has 0 aromatic carbocycles. The highest BCUT2D eigenvalue weighted by molar-refractivity contribution is 4.93. The zero-order valence-electron chi connectivity index (χ0n) is 9.33. The predicted octanol–water partition coefficient (Wildman–Crippen LogP) is 2.21. The van der Waals surface area contributed by atoms with Crippen molar-refractivity contribution in [2.45, 2.75) is 45.6 Å². The molecule has 0 aromatic heterocycles. The van der Waals surface area contributed by atoms with Crippen molar-refractivity contribution in [2.24, 2.45) is 17.3 Å². The second kappa shape index (κ2) is 3.82. The SMILES string of the molecule is CC(C)(C1CCC1)C(O)C1CCOC1. The average molecular weight is 198 g/mol. The van der Waals surface area contributed by atoms with Gasteiger partial charge in [-0.25, -0.2) is 0 Å². The summed E-state index contributed by atoms with van der Waals surface area (Å²) in [6.45, 7) is 6.04. The predicted molar refractivity (Wildman–Crippen MR) is 56.1 cm³/mol. The van der Waals surface area contributed by atoms with Crippen molar-refractivity contribution in [3.05, 3.63) is 0 Å². The minimum atomic E-state index is -0.171. The Labute approximate surface area is 86.6 Å². The van der Waals surface area contributed by atoms with Gasteiger partial charge in [-0.3, -0.25) is 0 Å². The third-order valence-corrected chi connectivity index (χ3v) is 4.33. The molecule has 2 fully saturated rings. The lowest BCUT2D eigenvalue weighted by Crippen LogP contribution is -2.44. The quantitative estimate of drug-likeness (QED) is 0.753. The van der Waals surface area contributed by atoms with Crippen molar-refractivity contribution < 1.29 is 9.84 Å². The summed E-state index contributed by atoms with van der Waals surface area (Å²) in [5.74, 6) is 1.11. The number of ether oxygens (including phenoxy) is 1. The van der Waals surface area contributed by atoms with Gasteiger partial charge in [0.05, 0.1) is 12.7 Å². The number of rotatable bonds is 3. The molecule has 0 amide bonds. The van der Waals surface area contributed by atoms with E-state index >= 15 is 0 Å². The average Bonchev–Trinajstić information content (AvgIpc) is 2.49. The van der Waals surface area contributed by atoms with E-state index in [1.165, 1.54) is 19.3 Å². The first-order valence-electron chi connectivity index (χ1n) is 5.88. The highest BCUT2D eigenvalue weighted by Crippen LogP contribution is 2.46. The van der Waals surface area contributed by atoms with E-state index in [2.05, 4.69) is 13.8 Å². The molecule has 1 heterocycles. The van der Waals surface area contributed by atoms with Crippen LogP contribution in [0.1, 0.15) is 39.5 Å². The molecule has 1 aliphatic carbocycles. The molecule has 0 spiro atoms. The molecule has 0 radical (unpaired) electrons. The molecular weight excluding hydrogens is 176 g/mol. The normalized spacial score (nSPS) is 31.5. The molecule has 82 valence electrons. The summed E-state index contributed by atoms with van der Waals surface area (Å²) in [6, 6.07) is 0. The molecular formula is C12H22O2. The molecule has 0 aromatic rings. The fourth-order valence-electron chi connectivity index (χ4n) is 2.80. The first-order chi connectivity index (χ1) is 6.62. The largest absolute Gasteiger partial charge is 0.392 e. The third kappa shape index (κ3) is 1.70. The lowest BCUT2D eigenvalue weighted by atomic mass is 9.62. The smallest absolute Gasteiger partial charge is 0.0644 e. The Morgan fingerprint density at radius 3 is 2.43 bits per heavy atom. The van der Waals surface area contributed by atoms with Gasteiger partial charge in [-0.1, -0.05) is 20.3 Å². The van der Waals surface area contributed by atoms with Crippen LogP contribution in [0.15, 0.2) is 0 Å². The summed E-state index contributed by atoms with van der Waals surface area (Å²) in [5.41, 5.74) is 0.0939. The summed E-state index contributed by atoms with van der Waals surface area (Å²) in [4.78, 5) is 0. The van der Waals surface area contributed by atoms with E-state index in [0.29, 0.717) is 5.92 Å². The van der Waals surface area contributed by atoms with Crippen LogP contribution in [0.25, 0.3) is 0 Å². The Kier molecular flexibility index (Phi) is 2.85.